The molecule has 1 aromatic carbocycles. The fourth-order valence-electron chi connectivity index (χ4n) is 1.32. The highest BCUT2D eigenvalue weighted by Gasteiger charge is 2.11. The van der Waals surface area contributed by atoms with E-state index in [9.17, 15) is 14.5 Å². The molecule has 0 bridgehead atoms. The molecule has 0 unspecified atom stereocenters. The molecule has 98 valence electrons. The molecule has 0 amide bonds. The lowest BCUT2D eigenvalue weighted by Crippen LogP contribution is -2.00. The molecule has 0 radical (unpaired) electrons. The Morgan fingerprint density at radius 2 is 2.26 bits per heavy atom. The number of halogens is 1. The fraction of sp³-hybridized carbons (Fsp3) is 0.0909. The van der Waals surface area contributed by atoms with Crippen LogP contribution in [-0.2, 0) is 0 Å². The Kier molecular flexibility index (Phi) is 3.51. The Morgan fingerprint density at radius 1 is 1.47 bits per heavy atom. The highest BCUT2D eigenvalue weighted by molar-refractivity contribution is 5.40. The molecule has 0 atom stereocenters. The first-order valence-corrected chi connectivity index (χ1v) is 5.23. The van der Waals surface area contributed by atoms with Crippen LogP contribution in [0, 0.1) is 15.9 Å². The second kappa shape index (κ2) is 5.25. The van der Waals surface area contributed by atoms with E-state index in [2.05, 4.69) is 15.3 Å². The maximum Gasteiger partial charge on any atom is 0.273 e. The number of anilines is 1. The summed E-state index contributed by atoms with van der Waals surface area (Å²) in [5, 5.41) is 13.2. The van der Waals surface area contributed by atoms with Crippen molar-refractivity contribution in [3.63, 3.8) is 0 Å². The zero-order chi connectivity index (χ0) is 13.8. The minimum Gasteiger partial charge on any atom is -0.436 e. The molecule has 1 aromatic heterocycles. The number of ether oxygens (including phenoxy) is 1. The molecule has 19 heavy (non-hydrogen) atoms. The van der Waals surface area contributed by atoms with E-state index >= 15 is 0 Å². The number of aromatic nitrogens is 2. The van der Waals surface area contributed by atoms with Gasteiger partial charge in [-0.1, -0.05) is 6.07 Å². The van der Waals surface area contributed by atoms with Crippen LogP contribution in [0.15, 0.2) is 30.5 Å². The average molecular weight is 264 g/mol. The van der Waals surface area contributed by atoms with Crippen molar-refractivity contribution in [3.8, 4) is 11.6 Å². The fourth-order valence-corrected chi connectivity index (χ4v) is 1.32. The first kappa shape index (κ1) is 12.7. The normalized spacial score (nSPS) is 10.0. The molecule has 0 aliphatic heterocycles. The van der Waals surface area contributed by atoms with Crippen molar-refractivity contribution >= 4 is 11.6 Å². The van der Waals surface area contributed by atoms with Crippen molar-refractivity contribution in [3.05, 3.63) is 46.4 Å². The van der Waals surface area contributed by atoms with Crippen molar-refractivity contribution in [2.75, 3.05) is 12.4 Å². The maximum atomic E-state index is 13.4. The van der Waals surface area contributed by atoms with Crippen molar-refractivity contribution in [1.82, 2.24) is 9.97 Å². The van der Waals surface area contributed by atoms with E-state index in [1.54, 1.807) is 7.05 Å². The van der Waals surface area contributed by atoms with Crippen molar-refractivity contribution in [2.24, 2.45) is 0 Å². The van der Waals surface area contributed by atoms with Gasteiger partial charge in [0, 0.05) is 13.1 Å². The molecular formula is C11H9FN4O3. The van der Waals surface area contributed by atoms with Gasteiger partial charge in [0.15, 0.2) is 0 Å². The molecule has 0 spiro atoms. The van der Waals surface area contributed by atoms with Crippen LogP contribution in [-0.4, -0.2) is 21.9 Å². The van der Waals surface area contributed by atoms with Crippen LogP contribution in [0.2, 0.25) is 0 Å². The summed E-state index contributed by atoms with van der Waals surface area (Å²) in [6.45, 7) is 0. The molecule has 2 aromatic rings. The van der Waals surface area contributed by atoms with Crippen LogP contribution in [0.1, 0.15) is 0 Å². The Labute approximate surface area is 107 Å². The summed E-state index contributed by atoms with van der Waals surface area (Å²) in [6, 6.07) is 5.39. The van der Waals surface area contributed by atoms with Crippen molar-refractivity contribution in [2.45, 2.75) is 0 Å². The quantitative estimate of drug-likeness (QED) is 0.673. The van der Waals surface area contributed by atoms with Crippen LogP contribution in [0.25, 0.3) is 0 Å². The Hall–Kier alpha value is -2.77. The van der Waals surface area contributed by atoms with Gasteiger partial charge in [0.25, 0.3) is 11.6 Å². The number of non-ortho nitro benzene ring substituents is 1. The van der Waals surface area contributed by atoms with Gasteiger partial charge in [-0.2, -0.15) is 9.37 Å². The van der Waals surface area contributed by atoms with E-state index < -0.39 is 10.7 Å². The summed E-state index contributed by atoms with van der Waals surface area (Å²) in [4.78, 5) is 17.5. The molecule has 2 rings (SSSR count). The average Bonchev–Trinajstić information content (AvgIpc) is 2.41. The predicted octanol–water partition coefficient (Wildman–Crippen LogP) is 2.36. The minimum absolute atomic E-state index is 0.119. The molecule has 1 heterocycles. The largest absolute Gasteiger partial charge is 0.436 e. The van der Waals surface area contributed by atoms with Gasteiger partial charge in [0.05, 0.1) is 17.2 Å². The molecule has 7 nitrogen and oxygen atoms in total. The third kappa shape index (κ3) is 2.92. The van der Waals surface area contributed by atoms with Gasteiger partial charge in [-0.3, -0.25) is 10.1 Å². The number of nitro benzene ring substituents is 1. The van der Waals surface area contributed by atoms with Gasteiger partial charge in [-0.15, -0.1) is 0 Å². The van der Waals surface area contributed by atoms with E-state index in [1.807, 2.05) is 0 Å². The molecule has 8 heteroatoms. The zero-order valence-electron chi connectivity index (χ0n) is 9.83. The summed E-state index contributed by atoms with van der Waals surface area (Å²) in [7, 11) is 1.57. The monoisotopic (exact) mass is 264 g/mol. The summed E-state index contributed by atoms with van der Waals surface area (Å²) in [5.74, 6) is -0.763. The minimum atomic E-state index is -0.759. The SMILES string of the molecule is CNc1ncc(F)c(Oc2cccc([N+](=O)[O-])c2)n1. The van der Waals surface area contributed by atoms with Gasteiger partial charge in [0.2, 0.25) is 11.8 Å². The Bertz CT molecular complexity index is 621. The predicted molar refractivity (Wildman–Crippen MR) is 64.7 cm³/mol. The highest BCUT2D eigenvalue weighted by atomic mass is 19.1. The molecule has 1 N–H and O–H groups in total. The third-order valence-electron chi connectivity index (χ3n) is 2.18. The molecule has 0 fully saturated rings. The van der Waals surface area contributed by atoms with Crippen LogP contribution >= 0.6 is 0 Å². The molecule has 0 aliphatic carbocycles. The van der Waals surface area contributed by atoms with Crippen LogP contribution in [0.5, 0.6) is 11.6 Å². The summed E-state index contributed by atoms with van der Waals surface area (Å²) < 4.78 is 18.6. The first-order chi connectivity index (χ1) is 9.10. The maximum absolute atomic E-state index is 13.4. The van der Waals surface area contributed by atoms with Crippen molar-refractivity contribution < 1.29 is 14.1 Å². The number of hydrogen-bond donors (Lipinski definition) is 1. The van der Waals surface area contributed by atoms with E-state index in [0.29, 0.717) is 0 Å². The van der Waals surface area contributed by atoms with E-state index in [0.717, 1.165) is 6.20 Å². The molecule has 0 saturated heterocycles. The van der Waals surface area contributed by atoms with Crippen LogP contribution < -0.4 is 10.1 Å². The van der Waals surface area contributed by atoms with Crippen LogP contribution in [0.4, 0.5) is 16.0 Å². The lowest BCUT2D eigenvalue weighted by Gasteiger charge is -2.06. The summed E-state index contributed by atoms with van der Waals surface area (Å²) >= 11 is 0. The van der Waals surface area contributed by atoms with E-state index in [4.69, 9.17) is 4.74 Å². The van der Waals surface area contributed by atoms with E-state index in [-0.39, 0.29) is 23.3 Å². The van der Waals surface area contributed by atoms with Crippen molar-refractivity contribution in [1.29, 1.82) is 0 Å². The second-order valence-corrected chi connectivity index (χ2v) is 3.45. The number of nitro groups is 1. The smallest absolute Gasteiger partial charge is 0.273 e. The topological polar surface area (TPSA) is 90.2 Å². The zero-order valence-corrected chi connectivity index (χ0v) is 9.83. The lowest BCUT2D eigenvalue weighted by atomic mass is 10.3. The molecular weight excluding hydrogens is 255 g/mol. The summed E-state index contributed by atoms with van der Waals surface area (Å²) in [6.07, 6.45) is 0.950. The van der Waals surface area contributed by atoms with Gasteiger partial charge in [-0.05, 0) is 6.07 Å². The molecule has 0 aliphatic rings. The number of benzene rings is 1. The first-order valence-electron chi connectivity index (χ1n) is 5.23. The number of nitrogens with one attached hydrogen (secondary N) is 1. The van der Waals surface area contributed by atoms with Gasteiger partial charge in [0.1, 0.15) is 5.75 Å². The Balaban J connectivity index is 2.30. The lowest BCUT2D eigenvalue weighted by molar-refractivity contribution is -0.384. The molecule has 0 saturated carbocycles. The summed E-state index contributed by atoms with van der Waals surface area (Å²) in [5.41, 5.74) is -0.152. The Morgan fingerprint density at radius 3 is 2.95 bits per heavy atom. The van der Waals surface area contributed by atoms with Gasteiger partial charge >= 0.3 is 0 Å². The third-order valence-corrected chi connectivity index (χ3v) is 2.18. The number of rotatable bonds is 4. The van der Waals surface area contributed by atoms with Crippen LogP contribution in [0.3, 0.4) is 0 Å². The second-order valence-electron chi connectivity index (χ2n) is 3.45. The van der Waals surface area contributed by atoms with E-state index in [1.165, 1.54) is 24.3 Å². The van der Waals surface area contributed by atoms with Gasteiger partial charge in [-0.25, -0.2) is 4.98 Å². The number of hydrogen-bond acceptors (Lipinski definition) is 6. The highest BCUT2D eigenvalue weighted by Crippen LogP contribution is 2.25. The number of nitrogens with zero attached hydrogens (tertiary/aromatic N) is 3. The van der Waals surface area contributed by atoms with Gasteiger partial charge < -0.3 is 10.1 Å². The standard InChI is InChI=1S/C11H9FN4O3/c1-13-11-14-6-9(12)10(15-11)19-8-4-2-3-7(5-8)16(17)18/h2-6H,1H3,(H,13,14,15).